The van der Waals surface area contributed by atoms with Crippen molar-refractivity contribution in [3.05, 3.63) is 71.8 Å². The maximum atomic E-state index is 13.5. The summed E-state index contributed by atoms with van der Waals surface area (Å²) in [6, 6.07) is 17.6. The van der Waals surface area contributed by atoms with Crippen LogP contribution in [-0.2, 0) is 26.0 Å². The Morgan fingerprint density at radius 3 is 2.41 bits per heavy atom. The summed E-state index contributed by atoms with van der Waals surface area (Å²) in [7, 11) is -0.763. The number of benzene rings is 3. The van der Waals surface area contributed by atoms with Gasteiger partial charge in [-0.05, 0) is 53.3 Å². The third kappa shape index (κ3) is 7.92. The van der Waals surface area contributed by atoms with Crippen LogP contribution in [0.25, 0.3) is 10.8 Å². The molecule has 1 aliphatic carbocycles. The molecule has 0 unspecified atom stereocenters. The highest BCUT2D eigenvalue weighted by molar-refractivity contribution is 7.89. The normalized spacial score (nSPS) is 15.6. The number of nitrogens with one attached hydrogen (secondary N) is 2. The summed E-state index contributed by atoms with van der Waals surface area (Å²) in [4.78, 5) is 30.8. The minimum absolute atomic E-state index is 0.0798. The van der Waals surface area contributed by atoms with Crippen LogP contribution in [0.1, 0.15) is 49.7 Å². The lowest BCUT2D eigenvalue weighted by atomic mass is 9.84. The summed E-state index contributed by atoms with van der Waals surface area (Å²) >= 11 is 0. The van der Waals surface area contributed by atoms with Crippen LogP contribution >= 0.6 is 0 Å². The highest BCUT2D eigenvalue weighted by Crippen LogP contribution is 2.29. The quantitative estimate of drug-likeness (QED) is 0.257. The average molecular weight is 578 g/mol. The largest absolute Gasteiger partial charge is 0.370 e. The number of carbonyl (C=O) groups excluding carboxylic acids is 2. The molecule has 1 aliphatic rings. The Hall–Kier alpha value is -3.76. The summed E-state index contributed by atoms with van der Waals surface area (Å²) < 4.78 is 26.4. The third-order valence-electron chi connectivity index (χ3n) is 7.57. The fraction of sp³-hybridized carbons (Fsp3) is 0.387. The maximum absolute atomic E-state index is 13.5. The van der Waals surface area contributed by atoms with Crippen LogP contribution in [0.15, 0.2) is 70.6 Å². The number of nitrogens with zero attached hydrogens (tertiary/aromatic N) is 2. The zero-order valence-electron chi connectivity index (χ0n) is 23.9. The first kappa shape index (κ1) is 30.2. The van der Waals surface area contributed by atoms with Gasteiger partial charge in [-0.1, -0.05) is 80.6 Å². The second-order valence-electron chi connectivity index (χ2n) is 10.9. The van der Waals surface area contributed by atoms with Crippen LogP contribution in [0.5, 0.6) is 0 Å². The molecule has 0 radical (unpaired) electrons. The van der Waals surface area contributed by atoms with Crippen molar-refractivity contribution in [1.82, 2.24) is 9.62 Å². The number of guanidine groups is 1. The van der Waals surface area contributed by atoms with Crippen LogP contribution in [0.4, 0.5) is 5.69 Å². The molecule has 10 heteroatoms. The second-order valence-corrected chi connectivity index (χ2v) is 13.1. The van der Waals surface area contributed by atoms with Gasteiger partial charge in [-0.25, -0.2) is 17.7 Å². The summed E-state index contributed by atoms with van der Waals surface area (Å²) in [5, 5.41) is 7.64. The number of amides is 2. The molecule has 2 amide bonds. The molecule has 1 atom stereocenters. The van der Waals surface area contributed by atoms with E-state index in [9.17, 15) is 18.0 Å². The molecule has 9 nitrogen and oxygen atoms in total. The van der Waals surface area contributed by atoms with Crippen molar-refractivity contribution in [2.75, 3.05) is 19.4 Å². The van der Waals surface area contributed by atoms with E-state index in [4.69, 9.17) is 5.73 Å². The van der Waals surface area contributed by atoms with Gasteiger partial charge in [0.15, 0.2) is 5.96 Å². The molecule has 0 saturated heterocycles. The molecule has 0 aromatic heterocycles. The van der Waals surface area contributed by atoms with E-state index in [2.05, 4.69) is 15.6 Å². The van der Waals surface area contributed by atoms with E-state index in [1.807, 2.05) is 42.5 Å². The minimum atomic E-state index is -3.68. The number of fused-ring (bicyclic) bond motifs is 1. The number of anilines is 1. The molecule has 4 N–H and O–H groups in total. The van der Waals surface area contributed by atoms with Crippen molar-refractivity contribution in [3.8, 4) is 0 Å². The zero-order valence-corrected chi connectivity index (χ0v) is 24.7. The highest BCUT2D eigenvalue weighted by Gasteiger charge is 2.26. The van der Waals surface area contributed by atoms with E-state index in [0.717, 1.165) is 46.3 Å². The smallest absolute Gasteiger partial charge is 0.249 e. The summed E-state index contributed by atoms with van der Waals surface area (Å²) in [5.74, 6) is -0.529. The number of nitrogens with two attached hydrogens (primary N) is 1. The summed E-state index contributed by atoms with van der Waals surface area (Å²) in [6.45, 7) is 1.79. The Labute approximate surface area is 242 Å². The molecule has 41 heavy (non-hydrogen) atoms. The van der Waals surface area contributed by atoms with Crippen molar-refractivity contribution < 1.29 is 18.0 Å². The van der Waals surface area contributed by atoms with E-state index in [1.165, 1.54) is 32.6 Å². The maximum Gasteiger partial charge on any atom is 0.249 e. The van der Waals surface area contributed by atoms with Gasteiger partial charge in [-0.15, -0.1) is 0 Å². The van der Waals surface area contributed by atoms with Crippen LogP contribution < -0.4 is 16.4 Å². The van der Waals surface area contributed by atoms with Crippen LogP contribution in [0.2, 0.25) is 0 Å². The Morgan fingerprint density at radius 2 is 1.71 bits per heavy atom. The molecule has 0 bridgehead atoms. The van der Waals surface area contributed by atoms with E-state index >= 15 is 0 Å². The molecular weight excluding hydrogens is 538 g/mol. The van der Waals surface area contributed by atoms with E-state index in [0.29, 0.717) is 23.6 Å². The number of aryl methyl sites for hydroxylation is 1. The zero-order chi connectivity index (χ0) is 29.6. The predicted octanol–water partition coefficient (Wildman–Crippen LogP) is 4.35. The molecule has 1 fully saturated rings. The Morgan fingerprint density at radius 1 is 1.00 bits per heavy atom. The number of sulfonamides is 1. The Bertz CT molecular complexity index is 1550. The van der Waals surface area contributed by atoms with Gasteiger partial charge in [-0.2, -0.15) is 0 Å². The van der Waals surface area contributed by atoms with Gasteiger partial charge in [0.05, 0.1) is 11.3 Å². The second kappa shape index (κ2) is 13.3. The first-order valence-corrected chi connectivity index (χ1v) is 15.4. The molecule has 3 aromatic rings. The lowest BCUT2D eigenvalue weighted by Gasteiger charge is -2.25. The van der Waals surface area contributed by atoms with Gasteiger partial charge < -0.3 is 11.1 Å². The van der Waals surface area contributed by atoms with Gasteiger partial charge in [0, 0.05) is 19.8 Å². The molecule has 1 saturated carbocycles. The monoisotopic (exact) mass is 577 g/mol. The molecular formula is C31H39N5O4S. The lowest BCUT2D eigenvalue weighted by Crippen LogP contribution is -2.40. The number of hydrogen-bond donors (Lipinski definition) is 3. The lowest BCUT2D eigenvalue weighted by molar-refractivity contribution is -0.119. The van der Waals surface area contributed by atoms with Gasteiger partial charge in [-0.3, -0.25) is 14.9 Å². The minimum Gasteiger partial charge on any atom is -0.370 e. The van der Waals surface area contributed by atoms with Crippen molar-refractivity contribution in [2.24, 2.45) is 16.6 Å². The van der Waals surface area contributed by atoms with Crippen LogP contribution in [0, 0.1) is 12.8 Å². The van der Waals surface area contributed by atoms with Crippen LogP contribution in [-0.4, -0.2) is 50.6 Å². The standard InChI is InChI=1S/C31H39N5O4S/c1-21-13-16-26(41(39,40)36(2)3)20-27(21)33-30(38)28(18-22-9-5-4-6-10-22)34-31(32)35-29(37)19-23-14-15-24-11-7-8-12-25(24)17-23/h7-8,11-17,20,22,28H,4-6,9-10,18-19H2,1-3H3,(H,33,38)(H3,32,34,35,37)/t28-/m1/s1. The summed E-state index contributed by atoms with van der Waals surface area (Å²) in [6.07, 6.45) is 5.99. The highest BCUT2D eigenvalue weighted by atomic mass is 32.2. The molecule has 3 aromatic carbocycles. The van der Waals surface area contributed by atoms with Gasteiger partial charge in [0.2, 0.25) is 21.8 Å². The molecule has 4 rings (SSSR count). The average Bonchev–Trinajstić information content (AvgIpc) is 2.94. The fourth-order valence-corrected chi connectivity index (χ4v) is 6.13. The number of hydrogen-bond acceptors (Lipinski definition) is 5. The van der Waals surface area contributed by atoms with E-state index < -0.39 is 22.0 Å². The first-order valence-electron chi connectivity index (χ1n) is 14.0. The topological polar surface area (TPSA) is 134 Å². The Kier molecular flexibility index (Phi) is 9.77. The molecule has 0 heterocycles. The first-order chi connectivity index (χ1) is 19.5. The van der Waals surface area contributed by atoms with Crippen molar-refractivity contribution in [3.63, 3.8) is 0 Å². The van der Waals surface area contributed by atoms with E-state index in [1.54, 1.807) is 13.0 Å². The third-order valence-corrected chi connectivity index (χ3v) is 9.38. The SMILES string of the molecule is Cc1ccc(S(=O)(=O)N(C)C)cc1NC(=O)[C@@H](CC1CCCCC1)N=C(N)NC(=O)Cc1ccc2ccccc2c1. The fourth-order valence-electron chi connectivity index (χ4n) is 5.20. The van der Waals surface area contributed by atoms with Crippen molar-refractivity contribution in [1.29, 1.82) is 0 Å². The molecule has 0 spiro atoms. The molecule has 218 valence electrons. The van der Waals surface area contributed by atoms with Gasteiger partial charge in [0.1, 0.15) is 6.04 Å². The number of rotatable bonds is 9. The summed E-state index contributed by atoms with van der Waals surface area (Å²) in [5.41, 5.74) is 8.10. The number of aliphatic imine (C=N–C) groups is 1. The van der Waals surface area contributed by atoms with Crippen LogP contribution in [0.3, 0.4) is 0 Å². The Balaban J connectivity index is 1.50. The van der Waals surface area contributed by atoms with E-state index in [-0.39, 0.29) is 23.2 Å². The predicted molar refractivity (Wildman–Crippen MR) is 163 cm³/mol. The van der Waals surface area contributed by atoms with Crippen molar-refractivity contribution >= 4 is 44.3 Å². The van der Waals surface area contributed by atoms with Crippen molar-refractivity contribution in [2.45, 2.75) is 62.8 Å². The number of carbonyl (C=O) groups is 2. The van der Waals surface area contributed by atoms with Gasteiger partial charge >= 0.3 is 0 Å². The van der Waals surface area contributed by atoms with Gasteiger partial charge in [0.25, 0.3) is 0 Å². The molecule has 0 aliphatic heterocycles.